The van der Waals surface area contributed by atoms with E-state index in [1.54, 1.807) is 11.3 Å². The van der Waals surface area contributed by atoms with Gasteiger partial charge >= 0.3 is 0 Å². The molecule has 1 atom stereocenters. The Morgan fingerprint density at radius 2 is 2.42 bits per heavy atom. The van der Waals surface area contributed by atoms with Crippen LogP contribution in [0, 0.1) is 6.92 Å². The number of thiazole rings is 1. The van der Waals surface area contributed by atoms with Crippen LogP contribution in [0.1, 0.15) is 11.8 Å². The number of anilines is 1. The molecule has 0 amide bonds. The molecule has 1 aromatic rings. The second kappa shape index (κ2) is 3.87. The van der Waals surface area contributed by atoms with E-state index in [0.717, 1.165) is 5.13 Å². The molecule has 0 saturated carbocycles. The summed E-state index contributed by atoms with van der Waals surface area (Å²) in [4.78, 5) is 7.40. The van der Waals surface area contributed by atoms with E-state index in [1.165, 1.54) is 4.88 Å². The molecule has 1 rings (SSSR count). The van der Waals surface area contributed by atoms with Crippen molar-refractivity contribution in [2.24, 2.45) is 0 Å². The highest BCUT2D eigenvalue weighted by Crippen LogP contribution is 2.21. The van der Waals surface area contributed by atoms with Gasteiger partial charge in [-0.1, -0.05) is 0 Å². The van der Waals surface area contributed by atoms with Gasteiger partial charge in [0.1, 0.15) is 0 Å². The molecule has 0 aliphatic carbocycles. The molecule has 0 spiro atoms. The minimum atomic E-state index is 0.135. The number of aliphatic hydroxyl groups is 1. The summed E-state index contributed by atoms with van der Waals surface area (Å²) >= 11 is 1.64. The number of aromatic nitrogens is 1. The van der Waals surface area contributed by atoms with E-state index in [0.29, 0.717) is 0 Å². The summed E-state index contributed by atoms with van der Waals surface area (Å²) < 4.78 is 0. The molecule has 0 radical (unpaired) electrons. The van der Waals surface area contributed by atoms with E-state index >= 15 is 0 Å². The van der Waals surface area contributed by atoms with Gasteiger partial charge in [-0.05, 0) is 13.8 Å². The van der Waals surface area contributed by atoms with Crippen LogP contribution in [-0.4, -0.2) is 29.8 Å². The maximum atomic E-state index is 8.91. The molecule has 0 unspecified atom stereocenters. The van der Waals surface area contributed by atoms with Gasteiger partial charge in [-0.3, -0.25) is 0 Å². The van der Waals surface area contributed by atoms with Crippen molar-refractivity contribution in [2.75, 3.05) is 18.6 Å². The first-order chi connectivity index (χ1) is 5.65. The van der Waals surface area contributed by atoms with Crippen LogP contribution in [0.25, 0.3) is 0 Å². The quantitative estimate of drug-likeness (QED) is 0.772. The highest BCUT2D eigenvalue weighted by Gasteiger charge is 2.10. The Balaban J connectivity index is 2.70. The summed E-state index contributed by atoms with van der Waals surface area (Å²) in [7, 11) is 1.94. The highest BCUT2D eigenvalue weighted by atomic mass is 32.1. The molecule has 0 fully saturated rings. The molecule has 0 bridgehead atoms. The summed E-state index contributed by atoms with van der Waals surface area (Å²) in [5.41, 5.74) is 0. The summed E-state index contributed by atoms with van der Waals surface area (Å²) in [6.07, 6.45) is 1.85. The fourth-order valence-corrected chi connectivity index (χ4v) is 1.64. The zero-order valence-electron chi connectivity index (χ0n) is 7.61. The summed E-state index contributed by atoms with van der Waals surface area (Å²) in [5.74, 6) is 0. The first-order valence-corrected chi connectivity index (χ1v) is 4.73. The molecule has 1 heterocycles. The Morgan fingerprint density at radius 1 is 1.75 bits per heavy atom. The predicted octanol–water partition coefficient (Wildman–Crippen LogP) is 1.27. The van der Waals surface area contributed by atoms with Crippen LogP contribution < -0.4 is 4.90 Å². The van der Waals surface area contributed by atoms with E-state index in [1.807, 2.05) is 32.0 Å². The van der Waals surface area contributed by atoms with Crippen LogP contribution in [-0.2, 0) is 0 Å². The molecule has 0 aliphatic rings. The Bertz CT molecular complexity index is 249. The van der Waals surface area contributed by atoms with Crippen LogP contribution >= 0.6 is 11.3 Å². The van der Waals surface area contributed by atoms with E-state index in [9.17, 15) is 0 Å². The van der Waals surface area contributed by atoms with Gasteiger partial charge in [-0.25, -0.2) is 4.98 Å². The van der Waals surface area contributed by atoms with Gasteiger partial charge < -0.3 is 10.0 Å². The molecule has 12 heavy (non-hydrogen) atoms. The van der Waals surface area contributed by atoms with Crippen molar-refractivity contribution in [1.29, 1.82) is 0 Å². The lowest BCUT2D eigenvalue weighted by Gasteiger charge is -2.21. The number of hydrogen-bond donors (Lipinski definition) is 1. The first-order valence-electron chi connectivity index (χ1n) is 3.91. The smallest absolute Gasteiger partial charge is 0.185 e. The van der Waals surface area contributed by atoms with Crippen LogP contribution in [0.5, 0.6) is 0 Å². The van der Waals surface area contributed by atoms with Crippen molar-refractivity contribution in [1.82, 2.24) is 4.98 Å². The second-order valence-corrected chi connectivity index (χ2v) is 4.11. The first kappa shape index (κ1) is 9.48. The van der Waals surface area contributed by atoms with Crippen molar-refractivity contribution < 1.29 is 5.11 Å². The van der Waals surface area contributed by atoms with Crippen molar-refractivity contribution in [3.05, 3.63) is 11.1 Å². The number of hydrogen-bond acceptors (Lipinski definition) is 4. The normalized spacial score (nSPS) is 13.0. The Labute approximate surface area is 76.7 Å². The lowest BCUT2D eigenvalue weighted by Crippen LogP contribution is -2.31. The van der Waals surface area contributed by atoms with Crippen LogP contribution in [0.2, 0.25) is 0 Å². The van der Waals surface area contributed by atoms with Gasteiger partial charge in [-0.15, -0.1) is 11.3 Å². The Hall–Kier alpha value is -0.610. The summed E-state index contributed by atoms with van der Waals surface area (Å²) in [6, 6.07) is 0.135. The minimum absolute atomic E-state index is 0.135. The molecule has 1 aromatic heterocycles. The van der Waals surface area contributed by atoms with Gasteiger partial charge in [0.05, 0.1) is 12.6 Å². The lowest BCUT2D eigenvalue weighted by atomic mass is 10.3. The Morgan fingerprint density at radius 3 is 2.83 bits per heavy atom. The molecule has 1 N–H and O–H groups in total. The van der Waals surface area contributed by atoms with E-state index < -0.39 is 0 Å². The van der Waals surface area contributed by atoms with Crippen molar-refractivity contribution in [2.45, 2.75) is 19.9 Å². The predicted molar refractivity (Wildman–Crippen MR) is 51.8 cm³/mol. The van der Waals surface area contributed by atoms with Crippen molar-refractivity contribution >= 4 is 16.5 Å². The van der Waals surface area contributed by atoms with E-state index in [-0.39, 0.29) is 12.6 Å². The monoisotopic (exact) mass is 186 g/mol. The number of aryl methyl sites for hydroxylation is 1. The largest absolute Gasteiger partial charge is 0.394 e. The molecular weight excluding hydrogens is 172 g/mol. The summed E-state index contributed by atoms with van der Waals surface area (Å²) in [6.45, 7) is 4.16. The van der Waals surface area contributed by atoms with Crippen LogP contribution in [0.3, 0.4) is 0 Å². The lowest BCUT2D eigenvalue weighted by molar-refractivity contribution is 0.270. The highest BCUT2D eigenvalue weighted by molar-refractivity contribution is 7.15. The number of nitrogens with zero attached hydrogens (tertiary/aromatic N) is 2. The molecule has 4 heteroatoms. The Kier molecular flexibility index (Phi) is 3.05. The van der Waals surface area contributed by atoms with E-state index in [2.05, 4.69) is 4.98 Å². The average molecular weight is 186 g/mol. The molecule has 3 nitrogen and oxygen atoms in total. The second-order valence-electron chi connectivity index (χ2n) is 2.90. The number of rotatable bonds is 3. The number of likely N-dealkylation sites (N-methyl/N-ethyl adjacent to an activating group) is 1. The maximum Gasteiger partial charge on any atom is 0.185 e. The molecule has 0 aliphatic heterocycles. The zero-order chi connectivity index (χ0) is 9.14. The fraction of sp³-hybridized carbons (Fsp3) is 0.625. The molecule has 68 valence electrons. The molecular formula is C8H14N2OS. The summed E-state index contributed by atoms with van der Waals surface area (Å²) in [5, 5.41) is 9.88. The third kappa shape index (κ3) is 1.95. The third-order valence-corrected chi connectivity index (χ3v) is 2.84. The fourth-order valence-electron chi connectivity index (χ4n) is 0.817. The minimum Gasteiger partial charge on any atom is -0.394 e. The van der Waals surface area contributed by atoms with Gasteiger partial charge in [0, 0.05) is 18.1 Å². The molecule has 0 aromatic carbocycles. The average Bonchev–Trinajstić information content (AvgIpc) is 2.49. The van der Waals surface area contributed by atoms with Crippen molar-refractivity contribution in [3.63, 3.8) is 0 Å². The van der Waals surface area contributed by atoms with Crippen molar-refractivity contribution in [3.8, 4) is 0 Å². The standard InChI is InChI=1S/C8H14N2OS/c1-6(5-11)10(3)8-9-4-7(2)12-8/h4,6,11H,5H2,1-3H3/t6-/m1/s1. The maximum absolute atomic E-state index is 8.91. The zero-order valence-corrected chi connectivity index (χ0v) is 8.43. The van der Waals surface area contributed by atoms with Crippen LogP contribution in [0.15, 0.2) is 6.20 Å². The third-order valence-electron chi connectivity index (χ3n) is 1.84. The van der Waals surface area contributed by atoms with Gasteiger partial charge in [0.15, 0.2) is 5.13 Å². The molecule has 0 saturated heterocycles. The van der Waals surface area contributed by atoms with Gasteiger partial charge in [0.25, 0.3) is 0 Å². The SMILES string of the molecule is Cc1cnc(N(C)[C@H](C)CO)s1. The van der Waals surface area contributed by atoms with Gasteiger partial charge in [0.2, 0.25) is 0 Å². The van der Waals surface area contributed by atoms with Gasteiger partial charge in [-0.2, -0.15) is 0 Å². The topological polar surface area (TPSA) is 36.4 Å². The van der Waals surface area contributed by atoms with Crippen LogP contribution in [0.4, 0.5) is 5.13 Å². The van der Waals surface area contributed by atoms with E-state index in [4.69, 9.17) is 5.11 Å². The number of aliphatic hydroxyl groups excluding tert-OH is 1.